The van der Waals surface area contributed by atoms with Crippen molar-refractivity contribution in [2.24, 2.45) is 0 Å². The van der Waals surface area contributed by atoms with Crippen LogP contribution in [0.1, 0.15) is 15.4 Å². The summed E-state index contributed by atoms with van der Waals surface area (Å²) in [6.07, 6.45) is 1.91. The third-order valence-corrected chi connectivity index (χ3v) is 4.20. The van der Waals surface area contributed by atoms with Crippen molar-refractivity contribution in [3.05, 3.63) is 44.6 Å². The van der Waals surface area contributed by atoms with Crippen LogP contribution in [0.5, 0.6) is 0 Å². The molecular formula is C13H13N3S2. The first-order valence-electron chi connectivity index (χ1n) is 5.74. The van der Waals surface area contributed by atoms with E-state index in [0.717, 1.165) is 27.4 Å². The van der Waals surface area contributed by atoms with Crippen LogP contribution >= 0.6 is 23.6 Å². The van der Waals surface area contributed by atoms with Crippen molar-refractivity contribution in [3.63, 3.8) is 0 Å². The van der Waals surface area contributed by atoms with Crippen molar-refractivity contribution in [1.29, 1.82) is 0 Å². The highest BCUT2D eigenvalue weighted by Crippen LogP contribution is 2.20. The summed E-state index contributed by atoms with van der Waals surface area (Å²) in [6, 6.07) is 6.24. The number of rotatable bonds is 2. The molecule has 2 heterocycles. The number of aromatic amines is 1. The number of hydrogen-bond donors (Lipinski definition) is 1. The van der Waals surface area contributed by atoms with Crippen molar-refractivity contribution >= 4 is 34.6 Å². The van der Waals surface area contributed by atoms with Crippen LogP contribution in [0, 0.1) is 18.6 Å². The van der Waals surface area contributed by atoms with Gasteiger partial charge in [0.1, 0.15) is 5.01 Å². The molecule has 0 aliphatic heterocycles. The predicted octanol–water partition coefficient (Wildman–Crippen LogP) is 3.82. The number of thiazole rings is 1. The third kappa shape index (κ3) is 1.89. The molecule has 0 atom stereocenters. The second kappa shape index (κ2) is 4.33. The molecule has 0 aliphatic carbocycles. The molecule has 0 bridgehead atoms. The molecule has 0 amide bonds. The lowest BCUT2D eigenvalue weighted by Crippen LogP contribution is -1.98. The first-order chi connectivity index (χ1) is 8.65. The van der Waals surface area contributed by atoms with E-state index in [1.165, 1.54) is 10.4 Å². The van der Waals surface area contributed by atoms with Crippen LogP contribution in [0.3, 0.4) is 0 Å². The van der Waals surface area contributed by atoms with Crippen molar-refractivity contribution in [3.8, 4) is 0 Å². The molecular weight excluding hydrogens is 262 g/mol. The molecule has 3 nitrogen and oxygen atoms in total. The van der Waals surface area contributed by atoms with Gasteiger partial charge in [-0.2, -0.15) is 0 Å². The Labute approximate surface area is 114 Å². The van der Waals surface area contributed by atoms with Gasteiger partial charge in [-0.3, -0.25) is 0 Å². The number of nitrogens with one attached hydrogen (secondary N) is 1. The van der Waals surface area contributed by atoms with E-state index in [9.17, 15) is 0 Å². The Bertz CT molecular complexity index is 764. The Hall–Kier alpha value is -1.46. The second-order valence-electron chi connectivity index (χ2n) is 4.35. The zero-order valence-electron chi connectivity index (χ0n) is 10.2. The van der Waals surface area contributed by atoms with Gasteiger partial charge in [-0.05, 0) is 37.7 Å². The predicted molar refractivity (Wildman–Crippen MR) is 77.8 cm³/mol. The average Bonchev–Trinajstić information content (AvgIpc) is 2.87. The highest BCUT2D eigenvalue weighted by atomic mass is 32.1. The molecule has 1 N–H and O–H groups in total. The molecule has 3 aromatic rings. The fraction of sp³-hybridized carbons (Fsp3) is 0.231. The number of para-hydroxylation sites is 1. The standard InChI is InChI=1S/C13H13N3S2/c1-8-4-3-5-10-12(8)15-13(17)16(10)7-11-14-6-9(2)18-11/h3-6H,7H2,1-2H3,(H,15,17). The van der Waals surface area contributed by atoms with Gasteiger partial charge in [0, 0.05) is 11.1 Å². The molecule has 0 saturated carbocycles. The highest BCUT2D eigenvalue weighted by molar-refractivity contribution is 7.71. The van der Waals surface area contributed by atoms with Crippen LogP contribution in [0.4, 0.5) is 0 Å². The Morgan fingerprint density at radius 1 is 1.39 bits per heavy atom. The SMILES string of the molecule is Cc1cnc(Cn2c(=S)[nH]c3c(C)cccc32)s1. The van der Waals surface area contributed by atoms with Gasteiger partial charge in [-0.25, -0.2) is 4.98 Å². The van der Waals surface area contributed by atoms with E-state index < -0.39 is 0 Å². The molecule has 2 aromatic heterocycles. The van der Waals surface area contributed by atoms with Crippen LogP contribution in [0.15, 0.2) is 24.4 Å². The van der Waals surface area contributed by atoms with Gasteiger partial charge in [0.15, 0.2) is 4.77 Å². The lowest BCUT2D eigenvalue weighted by Gasteiger charge is -2.02. The molecule has 92 valence electrons. The molecule has 3 rings (SSSR count). The summed E-state index contributed by atoms with van der Waals surface area (Å²) >= 11 is 7.12. The second-order valence-corrected chi connectivity index (χ2v) is 6.06. The smallest absolute Gasteiger partial charge is 0.178 e. The number of nitrogens with zero attached hydrogens (tertiary/aromatic N) is 2. The minimum atomic E-state index is 0.737. The van der Waals surface area contributed by atoms with Crippen LogP contribution < -0.4 is 0 Å². The molecule has 0 aliphatic rings. The van der Waals surface area contributed by atoms with Crippen LogP contribution in [-0.4, -0.2) is 14.5 Å². The van der Waals surface area contributed by atoms with E-state index in [4.69, 9.17) is 12.2 Å². The van der Waals surface area contributed by atoms with Crippen molar-refractivity contribution < 1.29 is 0 Å². The minimum Gasteiger partial charge on any atom is -0.330 e. The van der Waals surface area contributed by atoms with Crippen molar-refractivity contribution in [1.82, 2.24) is 14.5 Å². The third-order valence-electron chi connectivity index (χ3n) is 2.98. The maximum atomic E-state index is 5.40. The molecule has 0 radical (unpaired) electrons. The lowest BCUT2D eigenvalue weighted by atomic mass is 10.2. The number of H-pyrrole nitrogens is 1. The van der Waals surface area contributed by atoms with Crippen molar-refractivity contribution in [2.75, 3.05) is 0 Å². The fourth-order valence-corrected chi connectivity index (χ4v) is 3.13. The highest BCUT2D eigenvalue weighted by Gasteiger charge is 2.08. The summed E-state index contributed by atoms with van der Waals surface area (Å²) in [4.78, 5) is 8.90. The van der Waals surface area contributed by atoms with Crippen LogP contribution in [0.2, 0.25) is 0 Å². The molecule has 0 spiro atoms. The van der Waals surface area contributed by atoms with Crippen LogP contribution in [-0.2, 0) is 6.54 Å². The first kappa shape index (κ1) is 11.6. The first-order valence-corrected chi connectivity index (χ1v) is 6.97. The normalized spacial score (nSPS) is 11.2. The number of hydrogen-bond acceptors (Lipinski definition) is 3. The minimum absolute atomic E-state index is 0.737. The number of aryl methyl sites for hydroxylation is 2. The largest absolute Gasteiger partial charge is 0.330 e. The van der Waals surface area contributed by atoms with Gasteiger partial charge in [0.25, 0.3) is 0 Å². The summed E-state index contributed by atoms with van der Waals surface area (Å²) in [6.45, 7) is 4.89. The summed E-state index contributed by atoms with van der Waals surface area (Å²) in [5.74, 6) is 0. The lowest BCUT2D eigenvalue weighted by molar-refractivity contribution is 0.803. The molecule has 0 fully saturated rings. The fourth-order valence-electron chi connectivity index (χ4n) is 2.09. The average molecular weight is 275 g/mol. The zero-order chi connectivity index (χ0) is 12.7. The number of fused-ring (bicyclic) bond motifs is 1. The van der Waals surface area contributed by atoms with Gasteiger partial charge >= 0.3 is 0 Å². The van der Waals surface area contributed by atoms with Crippen LogP contribution in [0.25, 0.3) is 11.0 Å². The van der Waals surface area contributed by atoms with E-state index in [2.05, 4.69) is 46.6 Å². The molecule has 5 heteroatoms. The van der Waals surface area contributed by atoms with E-state index >= 15 is 0 Å². The van der Waals surface area contributed by atoms with E-state index in [0.29, 0.717) is 0 Å². The summed E-state index contributed by atoms with van der Waals surface area (Å²) in [7, 11) is 0. The van der Waals surface area contributed by atoms with E-state index in [1.807, 2.05) is 6.20 Å². The van der Waals surface area contributed by atoms with E-state index in [-0.39, 0.29) is 0 Å². The molecule has 1 aromatic carbocycles. The van der Waals surface area contributed by atoms with Crippen molar-refractivity contribution in [2.45, 2.75) is 20.4 Å². The van der Waals surface area contributed by atoms with Gasteiger partial charge < -0.3 is 9.55 Å². The Kier molecular flexibility index (Phi) is 2.80. The number of aromatic nitrogens is 3. The summed E-state index contributed by atoms with van der Waals surface area (Å²) in [5, 5.41) is 1.09. The molecule has 0 saturated heterocycles. The quantitative estimate of drug-likeness (QED) is 0.721. The molecule has 0 unspecified atom stereocenters. The Morgan fingerprint density at radius 3 is 2.94 bits per heavy atom. The van der Waals surface area contributed by atoms with Gasteiger partial charge in [0.05, 0.1) is 17.6 Å². The summed E-state index contributed by atoms with van der Waals surface area (Å²) < 4.78 is 2.86. The number of imidazole rings is 1. The molecule has 18 heavy (non-hydrogen) atoms. The Morgan fingerprint density at radius 2 is 2.22 bits per heavy atom. The summed E-state index contributed by atoms with van der Waals surface area (Å²) in [5.41, 5.74) is 3.48. The zero-order valence-corrected chi connectivity index (χ0v) is 11.9. The van der Waals surface area contributed by atoms with Gasteiger partial charge in [0.2, 0.25) is 0 Å². The monoisotopic (exact) mass is 275 g/mol. The maximum absolute atomic E-state index is 5.40. The topological polar surface area (TPSA) is 33.6 Å². The van der Waals surface area contributed by atoms with Gasteiger partial charge in [-0.1, -0.05) is 12.1 Å². The van der Waals surface area contributed by atoms with E-state index in [1.54, 1.807) is 11.3 Å². The number of benzene rings is 1. The van der Waals surface area contributed by atoms with Gasteiger partial charge in [-0.15, -0.1) is 11.3 Å². The Balaban J connectivity index is 2.14. The maximum Gasteiger partial charge on any atom is 0.178 e.